The second-order valence-corrected chi connectivity index (χ2v) is 4.88. The Morgan fingerprint density at radius 1 is 1.57 bits per heavy atom. The first-order chi connectivity index (χ1) is 6.44. The Morgan fingerprint density at radius 2 is 2.21 bits per heavy atom. The first-order valence-electron chi connectivity index (χ1n) is 4.87. The van der Waals surface area contributed by atoms with Crippen molar-refractivity contribution >= 4 is 0 Å². The van der Waals surface area contributed by atoms with Crippen LogP contribution in [0.25, 0.3) is 0 Å². The highest BCUT2D eigenvalue weighted by Gasteiger charge is 2.21. The zero-order valence-corrected chi connectivity index (χ0v) is 9.41. The second-order valence-electron chi connectivity index (χ2n) is 4.88. The fourth-order valence-electron chi connectivity index (χ4n) is 1.55. The molecular formula is C10H20N4. The van der Waals surface area contributed by atoms with E-state index in [9.17, 15) is 0 Å². The Kier molecular flexibility index (Phi) is 3.29. The van der Waals surface area contributed by atoms with E-state index < -0.39 is 0 Å². The molecule has 1 heterocycles. The zero-order chi connectivity index (χ0) is 10.8. The molecule has 0 saturated carbocycles. The Hall–Kier alpha value is -0.870. The molecule has 1 aromatic heterocycles. The van der Waals surface area contributed by atoms with Gasteiger partial charge in [0.15, 0.2) is 0 Å². The van der Waals surface area contributed by atoms with Crippen molar-refractivity contribution in [2.45, 2.75) is 33.2 Å². The third-order valence-corrected chi connectivity index (χ3v) is 2.19. The first-order valence-corrected chi connectivity index (χ1v) is 4.87. The molecule has 0 saturated heterocycles. The number of nitrogens with zero attached hydrogens (tertiary/aromatic N) is 2. The zero-order valence-electron chi connectivity index (χ0n) is 9.41. The van der Waals surface area contributed by atoms with Crippen molar-refractivity contribution in [3.05, 3.63) is 18.2 Å². The predicted octanol–water partition coefficient (Wildman–Crippen LogP) is 1.36. The summed E-state index contributed by atoms with van der Waals surface area (Å²) < 4.78 is 2.00. The van der Waals surface area contributed by atoms with Crippen LogP contribution in [0.4, 0.5) is 0 Å². The number of rotatable bonds is 3. The van der Waals surface area contributed by atoms with Crippen LogP contribution in [0.15, 0.2) is 12.4 Å². The number of hydrazine groups is 1. The minimum atomic E-state index is 0.120. The summed E-state index contributed by atoms with van der Waals surface area (Å²) in [4.78, 5) is 4.29. The number of hydrogen-bond donors (Lipinski definition) is 2. The maximum atomic E-state index is 5.54. The summed E-state index contributed by atoms with van der Waals surface area (Å²) in [5, 5.41) is 0. The third-order valence-electron chi connectivity index (χ3n) is 2.19. The van der Waals surface area contributed by atoms with Gasteiger partial charge in [-0.1, -0.05) is 20.8 Å². The highest BCUT2D eigenvalue weighted by Crippen LogP contribution is 2.27. The van der Waals surface area contributed by atoms with E-state index in [0.717, 1.165) is 12.2 Å². The molecule has 0 amide bonds. The van der Waals surface area contributed by atoms with E-state index in [1.54, 1.807) is 6.20 Å². The predicted molar refractivity (Wildman–Crippen MR) is 57.3 cm³/mol. The average Bonchev–Trinajstić information content (AvgIpc) is 2.45. The monoisotopic (exact) mass is 196 g/mol. The Bertz CT molecular complexity index is 285. The number of aryl methyl sites for hydroxylation is 1. The second kappa shape index (κ2) is 4.11. The van der Waals surface area contributed by atoms with E-state index in [1.807, 2.05) is 17.8 Å². The van der Waals surface area contributed by atoms with Crippen LogP contribution < -0.4 is 11.3 Å². The first kappa shape index (κ1) is 11.2. The molecule has 0 aliphatic heterocycles. The van der Waals surface area contributed by atoms with Crippen LogP contribution in [0.1, 0.15) is 39.1 Å². The van der Waals surface area contributed by atoms with Gasteiger partial charge in [-0.25, -0.2) is 10.4 Å². The van der Waals surface area contributed by atoms with Gasteiger partial charge in [0.25, 0.3) is 0 Å². The van der Waals surface area contributed by atoms with Crippen LogP contribution in [-0.2, 0) is 7.05 Å². The van der Waals surface area contributed by atoms with Crippen molar-refractivity contribution in [1.82, 2.24) is 15.0 Å². The quantitative estimate of drug-likeness (QED) is 0.567. The van der Waals surface area contributed by atoms with Crippen LogP contribution in [0.5, 0.6) is 0 Å². The normalized spacial score (nSPS) is 14.4. The van der Waals surface area contributed by atoms with Crippen molar-refractivity contribution in [2.75, 3.05) is 0 Å². The molecule has 0 aliphatic carbocycles. The van der Waals surface area contributed by atoms with E-state index in [-0.39, 0.29) is 11.5 Å². The van der Waals surface area contributed by atoms with Gasteiger partial charge in [-0.3, -0.25) is 5.84 Å². The van der Waals surface area contributed by atoms with Crippen LogP contribution in [0, 0.1) is 5.41 Å². The van der Waals surface area contributed by atoms with E-state index >= 15 is 0 Å². The maximum absolute atomic E-state index is 5.54. The molecule has 0 spiro atoms. The molecule has 14 heavy (non-hydrogen) atoms. The third kappa shape index (κ3) is 2.82. The summed E-state index contributed by atoms with van der Waals surface area (Å²) in [5.74, 6) is 6.53. The highest BCUT2D eigenvalue weighted by molar-refractivity contribution is 4.99. The molecule has 4 nitrogen and oxygen atoms in total. The molecule has 1 atom stereocenters. The van der Waals surface area contributed by atoms with Crippen molar-refractivity contribution in [2.24, 2.45) is 18.3 Å². The Labute approximate surface area is 85.5 Å². The lowest BCUT2D eigenvalue weighted by Crippen LogP contribution is -2.32. The largest absolute Gasteiger partial charge is 0.337 e. The minimum absolute atomic E-state index is 0.120. The summed E-state index contributed by atoms with van der Waals surface area (Å²) in [6.07, 6.45) is 4.69. The summed E-state index contributed by atoms with van der Waals surface area (Å²) in [6, 6.07) is 0.120. The summed E-state index contributed by atoms with van der Waals surface area (Å²) in [5.41, 5.74) is 3.06. The number of nitrogens with two attached hydrogens (primary N) is 1. The van der Waals surface area contributed by atoms with Gasteiger partial charge in [0.05, 0.1) is 6.04 Å². The Balaban J connectivity index is 2.78. The molecule has 0 aromatic carbocycles. The van der Waals surface area contributed by atoms with E-state index in [2.05, 4.69) is 31.2 Å². The molecular weight excluding hydrogens is 176 g/mol. The molecule has 3 N–H and O–H groups in total. The highest BCUT2D eigenvalue weighted by atomic mass is 15.3. The van der Waals surface area contributed by atoms with Gasteiger partial charge in [0, 0.05) is 19.4 Å². The van der Waals surface area contributed by atoms with Crippen molar-refractivity contribution < 1.29 is 0 Å². The molecule has 1 rings (SSSR count). The molecule has 0 aliphatic rings. The number of aromatic nitrogens is 2. The van der Waals surface area contributed by atoms with Crippen LogP contribution in [0.3, 0.4) is 0 Å². The Morgan fingerprint density at radius 3 is 2.57 bits per heavy atom. The average molecular weight is 196 g/mol. The van der Waals surface area contributed by atoms with Crippen molar-refractivity contribution in [3.8, 4) is 0 Å². The van der Waals surface area contributed by atoms with Gasteiger partial charge in [-0.2, -0.15) is 0 Å². The van der Waals surface area contributed by atoms with Crippen LogP contribution in [0.2, 0.25) is 0 Å². The lowest BCUT2D eigenvalue weighted by Gasteiger charge is -2.25. The standard InChI is InChI=1S/C10H20N4/c1-10(2,3)7-8(13-11)9-12-5-6-14(9)4/h5-6,8,13H,7,11H2,1-4H3. The van der Waals surface area contributed by atoms with Crippen LogP contribution in [-0.4, -0.2) is 9.55 Å². The molecule has 0 radical (unpaired) electrons. The molecule has 1 aromatic rings. The van der Waals surface area contributed by atoms with E-state index in [1.165, 1.54) is 0 Å². The molecule has 1 unspecified atom stereocenters. The van der Waals surface area contributed by atoms with Gasteiger partial charge in [0.1, 0.15) is 5.82 Å². The fraction of sp³-hybridized carbons (Fsp3) is 0.700. The lowest BCUT2D eigenvalue weighted by atomic mass is 9.88. The van der Waals surface area contributed by atoms with Crippen LogP contribution >= 0.6 is 0 Å². The molecule has 4 heteroatoms. The fourth-order valence-corrected chi connectivity index (χ4v) is 1.55. The number of nitrogens with one attached hydrogen (secondary N) is 1. The van der Waals surface area contributed by atoms with Gasteiger partial charge >= 0.3 is 0 Å². The number of imidazole rings is 1. The van der Waals surface area contributed by atoms with Crippen molar-refractivity contribution in [3.63, 3.8) is 0 Å². The van der Waals surface area contributed by atoms with Gasteiger partial charge < -0.3 is 4.57 Å². The number of hydrogen-bond acceptors (Lipinski definition) is 3. The summed E-state index contributed by atoms with van der Waals surface area (Å²) in [6.45, 7) is 6.58. The molecule has 0 fully saturated rings. The van der Waals surface area contributed by atoms with Gasteiger partial charge in [0.2, 0.25) is 0 Å². The van der Waals surface area contributed by atoms with Gasteiger partial charge in [-0.15, -0.1) is 0 Å². The maximum Gasteiger partial charge on any atom is 0.126 e. The smallest absolute Gasteiger partial charge is 0.126 e. The van der Waals surface area contributed by atoms with Crippen molar-refractivity contribution in [1.29, 1.82) is 0 Å². The summed E-state index contributed by atoms with van der Waals surface area (Å²) >= 11 is 0. The SMILES string of the molecule is Cn1ccnc1C(CC(C)(C)C)NN. The topological polar surface area (TPSA) is 55.9 Å². The van der Waals surface area contributed by atoms with E-state index in [4.69, 9.17) is 5.84 Å². The van der Waals surface area contributed by atoms with E-state index in [0.29, 0.717) is 0 Å². The molecule has 0 bridgehead atoms. The van der Waals surface area contributed by atoms with Gasteiger partial charge in [-0.05, 0) is 11.8 Å². The minimum Gasteiger partial charge on any atom is -0.337 e. The molecule has 80 valence electrons. The lowest BCUT2D eigenvalue weighted by molar-refractivity contribution is 0.303. The summed E-state index contributed by atoms with van der Waals surface area (Å²) in [7, 11) is 1.98.